The zero-order chi connectivity index (χ0) is 21.3. The second kappa shape index (κ2) is 10.2. The Balaban J connectivity index is 1.76. The minimum absolute atomic E-state index is 0.0104. The lowest BCUT2D eigenvalue weighted by molar-refractivity contribution is -0.137. The molecule has 1 atom stereocenters. The van der Waals surface area contributed by atoms with Gasteiger partial charge in [0.25, 0.3) is 0 Å². The second-order valence-electron chi connectivity index (χ2n) is 6.86. The van der Waals surface area contributed by atoms with Crippen molar-refractivity contribution in [3.05, 3.63) is 89.4 Å². The maximum atomic E-state index is 11.1. The topological polar surface area (TPSA) is 108 Å². The van der Waals surface area contributed by atoms with Crippen LogP contribution in [0.15, 0.2) is 72.0 Å². The molecule has 0 aliphatic heterocycles. The summed E-state index contributed by atoms with van der Waals surface area (Å²) in [7, 11) is 0. The first-order valence-electron chi connectivity index (χ1n) is 9.76. The molecule has 0 bridgehead atoms. The van der Waals surface area contributed by atoms with Crippen molar-refractivity contribution in [2.75, 3.05) is 5.32 Å². The summed E-state index contributed by atoms with van der Waals surface area (Å²) in [6.07, 6.45) is 2.40. The van der Waals surface area contributed by atoms with Crippen LogP contribution >= 0.6 is 0 Å². The van der Waals surface area contributed by atoms with Gasteiger partial charge in [-0.05, 0) is 36.2 Å². The van der Waals surface area contributed by atoms with E-state index in [4.69, 9.17) is 5.11 Å². The van der Waals surface area contributed by atoms with Gasteiger partial charge in [0.1, 0.15) is 11.5 Å². The lowest BCUT2D eigenvalue weighted by Gasteiger charge is -2.13. The Morgan fingerprint density at radius 2 is 1.90 bits per heavy atom. The fourth-order valence-corrected chi connectivity index (χ4v) is 3.18. The Morgan fingerprint density at radius 3 is 2.53 bits per heavy atom. The number of aliphatic carboxylic acids is 1. The van der Waals surface area contributed by atoms with Crippen molar-refractivity contribution in [1.29, 1.82) is 0 Å². The molecule has 3 rings (SSSR count). The zero-order valence-electron chi connectivity index (χ0n) is 16.7. The summed E-state index contributed by atoms with van der Waals surface area (Å²) in [6, 6.07) is 18.7. The van der Waals surface area contributed by atoms with E-state index < -0.39 is 5.97 Å². The number of hydrogen-bond donors (Lipinski definition) is 3. The van der Waals surface area contributed by atoms with Gasteiger partial charge in [0, 0.05) is 29.9 Å². The van der Waals surface area contributed by atoms with E-state index in [1.54, 1.807) is 18.3 Å². The normalized spacial score (nSPS) is 12.4. The molecule has 0 radical (unpaired) electrons. The Morgan fingerprint density at radius 1 is 1.10 bits per heavy atom. The molecule has 0 aliphatic carbocycles. The van der Waals surface area contributed by atoms with E-state index in [1.165, 1.54) is 0 Å². The van der Waals surface area contributed by atoms with Gasteiger partial charge in [0.2, 0.25) is 0 Å². The first-order valence-corrected chi connectivity index (χ1v) is 9.76. The molecule has 7 nitrogen and oxygen atoms in total. The molecule has 1 unspecified atom stereocenters. The zero-order valence-corrected chi connectivity index (χ0v) is 16.7. The van der Waals surface area contributed by atoms with Gasteiger partial charge >= 0.3 is 5.97 Å². The molecule has 0 aliphatic rings. The molecule has 2 heterocycles. The van der Waals surface area contributed by atoms with Gasteiger partial charge in [0.05, 0.1) is 12.1 Å². The minimum atomic E-state index is -0.861. The van der Waals surface area contributed by atoms with Crippen molar-refractivity contribution in [3.63, 3.8) is 0 Å². The highest BCUT2D eigenvalue weighted by Gasteiger charge is 2.17. The third-order valence-electron chi connectivity index (χ3n) is 4.81. The number of oxime groups is 1. The van der Waals surface area contributed by atoms with Crippen molar-refractivity contribution in [3.8, 4) is 0 Å². The van der Waals surface area contributed by atoms with Crippen LogP contribution < -0.4 is 5.32 Å². The molecule has 154 valence electrons. The van der Waals surface area contributed by atoms with E-state index in [0.29, 0.717) is 30.1 Å². The fourth-order valence-electron chi connectivity index (χ4n) is 3.18. The van der Waals surface area contributed by atoms with Crippen molar-refractivity contribution >= 4 is 17.5 Å². The summed E-state index contributed by atoms with van der Waals surface area (Å²) in [6.45, 7) is 2.55. The number of rotatable bonds is 9. The van der Waals surface area contributed by atoms with Gasteiger partial charge < -0.3 is 15.6 Å². The number of aromatic nitrogens is 2. The number of benzene rings is 1. The number of carboxylic acids is 1. The number of pyridine rings is 2. The maximum Gasteiger partial charge on any atom is 0.304 e. The SMILES string of the molecule is CCC(CC(=O)O)c1cccc(C(=NO)c2ccc(CNc3ccccn3)cc2)n1. The Bertz CT molecular complexity index is 1000. The molecule has 2 aromatic heterocycles. The van der Waals surface area contributed by atoms with Gasteiger partial charge in [-0.15, -0.1) is 0 Å². The summed E-state index contributed by atoms with van der Waals surface area (Å²) in [4.78, 5) is 19.9. The highest BCUT2D eigenvalue weighted by molar-refractivity contribution is 6.11. The van der Waals surface area contributed by atoms with Crippen LogP contribution in [-0.2, 0) is 11.3 Å². The molecule has 3 N–H and O–H groups in total. The van der Waals surface area contributed by atoms with Gasteiger partial charge in [-0.1, -0.05) is 48.5 Å². The fraction of sp³-hybridized carbons (Fsp3) is 0.217. The highest BCUT2D eigenvalue weighted by Crippen LogP contribution is 2.22. The minimum Gasteiger partial charge on any atom is -0.481 e. The second-order valence-corrected chi connectivity index (χ2v) is 6.86. The number of nitrogens with zero attached hydrogens (tertiary/aromatic N) is 3. The third kappa shape index (κ3) is 5.41. The quantitative estimate of drug-likeness (QED) is 0.279. The van der Waals surface area contributed by atoms with E-state index in [1.807, 2.05) is 55.5 Å². The van der Waals surface area contributed by atoms with Crippen LogP contribution in [0, 0.1) is 0 Å². The molecule has 3 aromatic rings. The van der Waals surface area contributed by atoms with Crippen LogP contribution in [0.5, 0.6) is 0 Å². The molecule has 30 heavy (non-hydrogen) atoms. The van der Waals surface area contributed by atoms with Crippen LogP contribution in [0.1, 0.15) is 48.2 Å². The Kier molecular flexibility index (Phi) is 7.10. The predicted octanol–water partition coefficient (Wildman–Crippen LogP) is 4.28. The van der Waals surface area contributed by atoms with Gasteiger partial charge in [-0.2, -0.15) is 0 Å². The summed E-state index contributed by atoms with van der Waals surface area (Å²) >= 11 is 0. The monoisotopic (exact) mass is 404 g/mol. The van der Waals surface area contributed by atoms with Crippen molar-refractivity contribution < 1.29 is 15.1 Å². The number of carboxylic acid groups (broad SMARTS) is 1. The Labute approximate surface area is 175 Å². The van der Waals surface area contributed by atoms with E-state index >= 15 is 0 Å². The summed E-state index contributed by atoms with van der Waals surface area (Å²) in [5, 5.41) is 25.4. The standard InChI is InChI=1S/C23H24N4O3/c1-2-17(14-22(28)29)19-6-5-7-20(26-19)23(27-30)18-11-9-16(10-12-18)15-25-21-8-3-4-13-24-21/h3-13,17,30H,2,14-15H2,1H3,(H,24,25)(H,28,29). The molecule has 1 aromatic carbocycles. The molecule has 0 saturated carbocycles. The molecule has 0 spiro atoms. The summed E-state index contributed by atoms with van der Waals surface area (Å²) in [5.41, 5.74) is 3.28. The smallest absolute Gasteiger partial charge is 0.304 e. The third-order valence-corrected chi connectivity index (χ3v) is 4.81. The predicted molar refractivity (Wildman–Crippen MR) is 115 cm³/mol. The van der Waals surface area contributed by atoms with Crippen LogP contribution in [0.3, 0.4) is 0 Å². The molecular weight excluding hydrogens is 380 g/mol. The number of hydrogen-bond acceptors (Lipinski definition) is 6. The van der Waals surface area contributed by atoms with Crippen molar-refractivity contribution in [1.82, 2.24) is 9.97 Å². The van der Waals surface area contributed by atoms with Gasteiger partial charge in [0.15, 0.2) is 0 Å². The van der Waals surface area contributed by atoms with Gasteiger partial charge in [-0.3, -0.25) is 9.78 Å². The number of carbonyl (C=O) groups is 1. The number of anilines is 1. The summed E-state index contributed by atoms with van der Waals surface area (Å²) in [5.74, 6) is -0.255. The van der Waals surface area contributed by atoms with E-state index in [2.05, 4.69) is 20.4 Å². The average molecular weight is 404 g/mol. The lowest BCUT2D eigenvalue weighted by Crippen LogP contribution is -2.12. The van der Waals surface area contributed by atoms with Crippen molar-refractivity contribution in [2.24, 2.45) is 5.16 Å². The maximum absolute atomic E-state index is 11.1. The van der Waals surface area contributed by atoms with E-state index in [0.717, 1.165) is 16.9 Å². The van der Waals surface area contributed by atoms with Crippen LogP contribution in [-0.4, -0.2) is 32.0 Å². The van der Waals surface area contributed by atoms with Gasteiger partial charge in [-0.25, -0.2) is 4.98 Å². The van der Waals surface area contributed by atoms with Crippen LogP contribution in [0.4, 0.5) is 5.82 Å². The highest BCUT2D eigenvalue weighted by atomic mass is 16.4. The molecule has 0 fully saturated rings. The number of nitrogens with one attached hydrogen (secondary N) is 1. The van der Waals surface area contributed by atoms with E-state index in [-0.39, 0.29) is 12.3 Å². The Hall–Kier alpha value is -3.74. The largest absolute Gasteiger partial charge is 0.481 e. The van der Waals surface area contributed by atoms with Crippen LogP contribution in [0.25, 0.3) is 0 Å². The van der Waals surface area contributed by atoms with Crippen LogP contribution in [0.2, 0.25) is 0 Å². The summed E-state index contributed by atoms with van der Waals surface area (Å²) < 4.78 is 0. The molecular formula is C23H24N4O3. The lowest BCUT2D eigenvalue weighted by atomic mass is 9.97. The molecule has 7 heteroatoms. The molecule has 0 amide bonds. The van der Waals surface area contributed by atoms with E-state index in [9.17, 15) is 10.0 Å². The first-order chi connectivity index (χ1) is 14.6. The average Bonchev–Trinajstić information content (AvgIpc) is 2.78. The van der Waals surface area contributed by atoms with Crippen molar-refractivity contribution in [2.45, 2.75) is 32.2 Å². The first kappa shape index (κ1) is 21.0. The molecule has 0 saturated heterocycles.